The highest BCUT2D eigenvalue weighted by atomic mass is 16.5. The van der Waals surface area contributed by atoms with Gasteiger partial charge in [0.15, 0.2) is 0 Å². The molecule has 35 heavy (non-hydrogen) atoms. The van der Waals surface area contributed by atoms with Gasteiger partial charge in [0.25, 0.3) is 0 Å². The third-order valence-electron chi connectivity index (χ3n) is 7.73. The summed E-state index contributed by atoms with van der Waals surface area (Å²) in [7, 11) is 0. The minimum Gasteiger partial charge on any atom is -0.480 e. The molecule has 0 aromatic heterocycles. The van der Waals surface area contributed by atoms with Crippen LogP contribution in [0.4, 0.5) is 4.79 Å². The third-order valence-corrected chi connectivity index (χ3v) is 7.73. The smallest absolute Gasteiger partial charge is 0.407 e. The molecule has 2 fully saturated rings. The predicted octanol–water partition coefficient (Wildman–Crippen LogP) is 4.31. The molecule has 3 aliphatic carbocycles. The maximum atomic E-state index is 12.8. The number of carboxylic acids is 1. The SMILES string of the molecule is O=C(NC[C@H]1CCC[C@H]1C(=O)NC(CC1CC1)C(=O)O)OCC1c2ccccc2-c2ccccc21. The molecule has 7 nitrogen and oxygen atoms in total. The van der Waals surface area contributed by atoms with Crippen molar-refractivity contribution in [2.75, 3.05) is 13.2 Å². The first-order chi connectivity index (χ1) is 17.0. The van der Waals surface area contributed by atoms with Gasteiger partial charge in [-0.2, -0.15) is 0 Å². The molecule has 3 aliphatic rings. The van der Waals surface area contributed by atoms with Crippen molar-refractivity contribution in [2.24, 2.45) is 17.8 Å². The number of hydrogen-bond acceptors (Lipinski definition) is 4. The van der Waals surface area contributed by atoms with Crippen molar-refractivity contribution in [1.82, 2.24) is 10.6 Å². The van der Waals surface area contributed by atoms with Crippen LogP contribution >= 0.6 is 0 Å². The van der Waals surface area contributed by atoms with Crippen molar-refractivity contribution in [3.05, 3.63) is 59.7 Å². The standard InChI is InChI=1S/C28H32N2O5/c31-26(30-25(27(32)33)14-17-12-13-17)19-11-5-6-18(19)15-29-28(34)35-16-24-22-9-3-1-7-20(22)21-8-2-4-10-23(21)24/h1-4,7-10,17-19,24-25H,5-6,11-16H2,(H,29,34)(H,30,31)(H,32,33)/t18-,19-,25?/m1/s1. The average Bonchev–Trinajstić information content (AvgIpc) is 3.45. The van der Waals surface area contributed by atoms with Gasteiger partial charge < -0.3 is 20.5 Å². The van der Waals surface area contributed by atoms with Gasteiger partial charge in [-0.25, -0.2) is 9.59 Å². The van der Waals surface area contributed by atoms with E-state index in [9.17, 15) is 19.5 Å². The first-order valence-electron chi connectivity index (χ1n) is 12.6. The minimum absolute atomic E-state index is 0.00224. The van der Waals surface area contributed by atoms with Crippen LogP contribution in [0.5, 0.6) is 0 Å². The Hall–Kier alpha value is -3.35. The molecule has 2 aromatic rings. The molecule has 0 saturated heterocycles. The number of nitrogens with one attached hydrogen (secondary N) is 2. The van der Waals surface area contributed by atoms with Gasteiger partial charge in [-0.1, -0.05) is 67.8 Å². The third kappa shape index (κ3) is 5.19. The summed E-state index contributed by atoms with van der Waals surface area (Å²) in [6, 6.07) is 15.6. The molecule has 3 N–H and O–H groups in total. The molecule has 3 atom stereocenters. The van der Waals surface area contributed by atoms with E-state index in [2.05, 4.69) is 34.9 Å². The van der Waals surface area contributed by atoms with Crippen LogP contribution < -0.4 is 10.6 Å². The summed E-state index contributed by atoms with van der Waals surface area (Å²) in [6.07, 6.45) is 4.49. The second-order valence-corrected chi connectivity index (χ2v) is 10.1. The highest BCUT2D eigenvalue weighted by molar-refractivity contribution is 5.85. The molecule has 0 heterocycles. The molecule has 2 amide bonds. The number of carbonyl (C=O) groups is 3. The van der Waals surface area contributed by atoms with Crippen molar-refractivity contribution in [2.45, 2.75) is 50.5 Å². The van der Waals surface area contributed by atoms with Gasteiger partial charge in [-0.05, 0) is 53.4 Å². The molecule has 0 aliphatic heterocycles. The molecule has 5 rings (SSSR count). The van der Waals surface area contributed by atoms with Gasteiger partial charge in [0.2, 0.25) is 5.91 Å². The highest BCUT2D eigenvalue weighted by Crippen LogP contribution is 2.44. The van der Waals surface area contributed by atoms with Crippen LogP contribution in [0.3, 0.4) is 0 Å². The summed E-state index contributed by atoms with van der Waals surface area (Å²) in [5.74, 6) is -1.09. The van der Waals surface area contributed by atoms with E-state index in [0.29, 0.717) is 25.3 Å². The number of amides is 2. The number of carboxylic acid groups (broad SMARTS) is 1. The first-order valence-corrected chi connectivity index (χ1v) is 12.6. The molecular weight excluding hydrogens is 444 g/mol. The van der Waals surface area contributed by atoms with Crippen molar-refractivity contribution in [3.8, 4) is 11.1 Å². The zero-order chi connectivity index (χ0) is 24.4. The zero-order valence-corrected chi connectivity index (χ0v) is 19.7. The lowest BCUT2D eigenvalue weighted by molar-refractivity contribution is -0.143. The number of carbonyl (C=O) groups excluding carboxylic acids is 2. The highest BCUT2D eigenvalue weighted by Gasteiger charge is 2.37. The Morgan fingerprint density at radius 2 is 1.60 bits per heavy atom. The first kappa shape index (κ1) is 23.4. The van der Waals surface area contributed by atoms with Crippen LogP contribution in [0.2, 0.25) is 0 Å². The lowest BCUT2D eigenvalue weighted by Crippen LogP contribution is -2.45. The zero-order valence-electron chi connectivity index (χ0n) is 19.7. The second-order valence-electron chi connectivity index (χ2n) is 10.1. The number of aliphatic carboxylic acids is 1. The molecular formula is C28H32N2O5. The minimum atomic E-state index is -0.975. The lowest BCUT2D eigenvalue weighted by Gasteiger charge is -2.22. The Labute approximate surface area is 205 Å². The Bertz CT molecular complexity index is 1070. The molecule has 1 unspecified atom stereocenters. The Morgan fingerprint density at radius 3 is 2.23 bits per heavy atom. The normalized spacial score (nSPS) is 21.6. The fourth-order valence-electron chi connectivity index (χ4n) is 5.68. The predicted molar refractivity (Wildman–Crippen MR) is 131 cm³/mol. The van der Waals surface area contributed by atoms with Crippen molar-refractivity contribution < 1.29 is 24.2 Å². The molecule has 0 bridgehead atoms. The van der Waals surface area contributed by atoms with Gasteiger partial charge >= 0.3 is 12.1 Å². The van der Waals surface area contributed by atoms with E-state index in [1.807, 2.05) is 24.3 Å². The van der Waals surface area contributed by atoms with Crippen LogP contribution in [-0.2, 0) is 14.3 Å². The van der Waals surface area contributed by atoms with Gasteiger partial charge in [0.05, 0.1) is 0 Å². The summed E-state index contributed by atoms with van der Waals surface area (Å²) >= 11 is 0. The summed E-state index contributed by atoms with van der Waals surface area (Å²) in [6.45, 7) is 0.588. The van der Waals surface area contributed by atoms with Gasteiger partial charge in [0.1, 0.15) is 12.6 Å². The largest absolute Gasteiger partial charge is 0.480 e. The van der Waals surface area contributed by atoms with E-state index < -0.39 is 18.1 Å². The fraction of sp³-hybridized carbons (Fsp3) is 0.464. The quantitative estimate of drug-likeness (QED) is 0.500. The van der Waals surface area contributed by atoms with Gasteiger partial charge in [-0.3, -0.25) is 4.79 Å². The molecule has 2 saturated carbocycles. The van der Waals surface area contributed by atoms with Gasteiger partial charge in [0, 0.05) is 18.4 Å². The maximum absolute atomic E-state index is 12.8. The van der Waals surface area contributed by atoms with E-state index in [1.165, 1.54) is 11.1 Å². The lowest BCUT2D eigenvalue weighted by atomic mass is 9.94. The van der Waals surface area contributed by atoms with E-state index in [0.717, 1.165) is 36.8 Å². The Kier molecular flexibility index (Phi) is 6.75. The van der Waals surface area contributed by atoms with Crippen LogP contribution in [0.25, 0.3) is 11.1 Å². The number of rotatable bonds is 9. The van der Waals surface area contributed by atoms with Crippen molar-refractivity contribution in [1.29, 1.82) is 0 Å². The molecule has 0 spiro atoms. The molecule has 2 aromatic carbocycles. The van der Waals surface area contributed by atoms with Crippen molar-refractivity contribution in [3.63, 3.8) is 0 Å². The van der Waals surface area contributed by atoms with Crippen LogP contribution in [0.15, 0.2) is 48.5 Å². The number of ether oxygens (including phenoxy) is 1. The number of fused-ring (bicyclic) bond motifs is 3. The summed E-state index contributed by atoms with van der Waals surface area (Å²) in [4.78, 5) is 36.9. The van der Waals surface area contributed by atoms with Crippen LogP contribution in [0.1, 0.15) is 55.6 Å². The Morgan fingerprint density at radius 1 is 0.943 bits per heavy atom. The molecule has 7 heteroatoms. The number of alkyl carbamates (subject to hydrolysis) is 1. The number of benzene rings is 2. The summed E-state index contributed by atoms with van der Waals surface area (Å²) < 4.78 is 5.61. The van der Waals surface area contributed by atoms with E-state index >= 15 is 0 Å². The Balaban J connectivity index is 1.13. The summed E-state index contributed by atoms with van der Waals surface area (Å²) in [5.41, 5.74) is 4.68. The van der Waals surface area contributed by atoms with Crippen LogP contribution in [-0.4, -0.2) is 42.3 Å². The van der Waals surface area contributed by atoms with E-state index in [4.69, 9.17) is 4.74 Å². The van der Waals surface area contributed by atoms with E-state index in [-0.39, 0.29) is 30.3 Å². The van der Waals surface area contributed by atoms with Crippen molar-refractivity contribution >= 4 is 18.0 Å². The molecule has 0 radical (unpaired) electrons. The van der Waals surface area contributed by atoms with Gasteiger partial charge in [-0.15, -0.1) is 0 Å². The second kappa shape index (κ2) is 10.1. The topological polar surface area (TPSA) is 105 Å². The average molecular weight is 477 g/mol. The number of hydrogen-bond donors (Lipinski definition) is 3. The molecule has 184 valence electrons. The fourth-order valence-corrected chi connectivity index (χ4v) is 5.68. The van der Waals surface area contributed by atoms with E-state index in [1.54, 1.807) is 0 Å². The monoisotopic (exact) mass is 476 g/mol. The van der Waals surface area contributed by atoms with Crippen LogP contribution in [0, 0.1) is 17.8 Å². The maximum Gasteiger partial charge on any atom is 0.407 e. The summed E-state index contributed by atoms with van der Waals surface area (Å²) in [5, 5.41) is 15.1.